The molecule has 0 N–H and O–H groups in total. The zero-order valence-corrected chi connectivity index (χ0v) is 12.4. The minimum absolute atomic E-state index is 0.0600. The third-order valence-electron chi connectivity index (χ3n) is 2.66. The van der Waals surface area contributed by atoms with E-state index in [1.807, 2.05) is 0 Å². The summed E-state index contributed by atoms with van der Waals surface area (Å²) in [6, 6.07) is 5.00. The molecule has 0 radical (unpaired) electrons. The van der Waals surface area contributed by atoms with Crippen molar-refractivity contribution in [1.82, 2.24) is 0 Å². The largest absolute Gasteiger partial charge is 0.482 e. The number of methoxy groups -OCH3 is 1. The molecule has 1 aliphatic rings. The fourth-order valence-corrected chi connectivity index (χ4v) is 2.38. The lowest BCUT2D eigenvalue weighted by atomic mass is 10.2. The van der Waals surface area contributed by atoms with Gasteiger partial charge in [0.1, 0.15) is 10.6 Å². The van der Waals surface area contributed by atoms with E-state index in [9.17, 15) is 9.59 Å². The van der Waals surface area contributed by atoms with Gasteiger partial charge in [-0.2, -0.15) is 0 Å². The predicted molar refractivity (Wildman–Crippen MR) is 74.0 cm³/mol. The summed E-state index contributed by atoms with van der Waals surface area (Å²) in [7, 11) is 1.29. The van der Waals surface area contributed by atoms with Gasteiger partial charge in [0.05, 0.1) is 12.8 Å². The third-order valence-corrected chi connectivity index (χ3v) is 3.56. The summed E-state index contributed by atoms with van der Waals surface area (Å²) in [5.41, 5.74) is 0.553. The molecule has 0 saturated carbocycles. The monoisotopic (exact) mass is 347 g/mol. The number of rotatable bonds is 3. The van der Waals surface area contributed by atoms with Crippen LogP contribution in [0.3, 0.4) is 0 Å². The van der Waals surface area contributed by atoms with Crippen molar-refractivity contribution < 1.29 is 19.1 Å². The smallest absolute Gasteiger partial charge is 0.321 e. The van der Waals surface area contributed by atoms with Gasteiger partial charge in [0.2, 0.25) is 0 Å². The van der Waals surface area contributed by atoms with Crippen LogP contribution < -0.4 is 9.64 Å². The second kappa shape index (κ2) is 5.79. The van der Waals surface area contributed by atoms with Crippen LogP contribution in [-0.4, -0.2) is 37.0 Å². The van der Waals surface area contributed by atoms with Crippen molar-refractivity contribution in [2.75, 3.05) is 25.2 Å². The molecule has 1 heterocycles. The number of hydrogen-bond donors (Lipinski definition) is 0. The molecule has 1 aromatic rings. The number of ether oxygens (including phenoxy) is 2. The maximum absolute atomic E-state index is 11.9. The molecule has 2 rings (SSSR count). The zero-order valence-electron chi connectivity index (χ0n) is 10.1. The minimum atomic E-state index is -0.605. The first-order valence-electron chi connectivity index (χ1n) is 5.47. The molecule has 0 saturated heterocycles. The second-order valence-electron chi connectivity index (χ2n) is 3.90. The average Bonchev–Trinajstić information content (AvgIpc) is 2.41. The van der Waals surface area contributed by atoms with Gasteiger partial charge in [-0.05, 0) is 18.2 Å². The van der Waals surface area contributed by atoms with Crippen molar-refractivity contribution in [2.24, 2.45) is 0 Å². The molecule has 0 aliphatic carbocycles. The lowest BCUT2D eigenvalue weighted by molar-refractivity contribution is -0.139. The molecule has 1 unspecified atom stereocenters. The Hall–Kier alpha value is -1.27. The number of esters is 1. The molecule has 1 aliphatic heterocycles. The summed E-state index contributed by atoms with van der Waals surface area (Å²) in [5, 5.41) is 0.492. The van der Waals surface area contributed by atoms with Gasteiger partial charge in [0.15, 0.2) is 6.61 Å². The summed E-state index contributed by atoms with van der Waals surface area (Å²) in [6.07, 6.45) is 0. The van der Waals surface area contributed by atoms with Gasteiger partial charge in [0.25, 0.3) is 5.91 Å². The highest BCUT2D eigenvalue weighted by Crippen LogP contribution is 2.34. The number of carbonyl (C=O) groups excluding carboxylic acids is 2. The Balaban J connectivity index is 2.27. The van der Waals surface area contributed by atoms with Crippen molar-refractivity contribution in [1.29, 1.82) is 0 Å². The molecule has 1 atom stereocenters. The van der Waals surface area contributed by atoms with E-state index in [2.05, 4.69) is 20.7 Å². The standard InChI is InChI=1S/C12H11BrClNO4/c1-18-12(17)8(13)5-15-9-4-7(14)2-3-10(9)19-6-11(15)16/h2-4,8H,5-6H2,1H3. The van der Waals surface area contributed by atoms with Crippen LogP contribution in [0.2, 0.25) is 5.02 Å². The number of carbonyl (C=O) groups is 2. The molecular weight excluding hydrogens is 337 g/mol. The van der Waals surface area contributed by atoms with E-state index in [1.54, 1.807) is 18.2 Å². The lowest BCUT2D eigenvalue weighted by Gasteiger charge is -2.30. The van der Waals surface area contributed by atoms with Crippen LogP contribution in [0.1, 0.15) is 0 Å². The van der Waals surface area contributed by atoms with Gasteiger partial charge >= 0.3 is 5.97 Å². The molecule has 1 amide bonds. The van der Waals surface area contributed by atoms with Crippen molar-refractivity contribution in [3.63, 3.8) is 0 Å². The van der Waals surface area contributed by atoms with E-state index in [-0.39, 0.29) is 19.1 Å². The van der Waals surface area contributed by atoms with Crippen molar-refractivity contribution in [3.8, 4) is 5.75 Å². The van der Waals surface area contributed by atoms with E-state index >= 15 is 0 Å². The van der Waals surface area contributed by atoms with E-state index in [1.165, 1.54) is 12.0 Å². The molecule has 102 valence electrons. The molecule has 0 bridgehead atoms. The van der Waals surface area contributed by atoms with Gasteiger partial charge < -0.3 is 14.4 Å². The van der Waals surface area contributed by atoms with Crippen molar-refractivity contribution in [2.45, 2.75) is 4.83 Å². The number of benzene rings is 1. The summed E-state index contributed by atoms with van der Waals surface area (Å²) in [6.45, 7) is 0.0950. The first-order valence-corrected chi connectivity index (χ1v) is 6.77. The first-order chi connectivity index (χ1) is 9.02. The normalized spacial score (nSPS) is 15.5. The lowest BCUT2D eigenvalue weighted by Crippen LogP contribution is -2.43. The van der Waals surface area contributed by atoms with Crippen LogP contribution in [0.25, 0.3) is 0 Å². The van der Waals surface area contributed by atoms with Crippen LogP contribution >= 0.6 is 27.5 Å². The minimum Gasteiger partial charge on any atom is -0.482 e. The molecule has 7 heteroatoms. The Kier molecular flexibility index (Phi) is 4.31. The molecular formula is C12H11BrClNO4. The van der Waals surface area contributed by atoms with E-state index in [0.717, 1.165) is 0 Å². The number of anilines is 1. The van der Waals surface area contributed by atoms with Crippen LogP contribution in [0.4, 0.5) is 5.69 Å². The molecule has 0 spiro atoms. The number of fused-ring (bicyclic) bond motifs is 1. The van der Waals surface area contributed by atoms with E-state index in [4.69, 9.17) is 16.3 Å². The highest BCUT2D eigenvalue weighted by atomic mass is 79.9. The van der Waals surface area contributed by atoms with Crippen LogP contribution in [0.15, 0.2) is 18.2 Å². The maximum atomic E-state index is 11.9. The van der Waals surface area contributed by atoms with Crippen molar-refractivity contribution >= 4 is 45.1 Å². The summed E-state index contributed by atoms with van der Waals surface area (Å²) < 4.78 is 9.93. The van der Waals surface area contributed by atoms with Gasteiger partial charge in [-0.1, -0.05) is 27.5 Å². The average molecular weight is 349 g/mol. The number of halogens is 2. The van der Waals surface area contributed by atoms with E-state index < -0.39 is 10.8 Å². The van der Waals surface area contributed by atoms with Crippen LogP contribution in [0, 0.1) is 0 Å². The maximum Gasteiger partial charge on any atom is 0.321 e. The number of nitrogens with zero attached hydrogens (tertiary/aromatic N) is 1. The Labute approximate surface area is 123 Å². The van der Waals surface area contributed by atoms with Crippen LogP contribution in [-0.2, 0) is 14.3 Å². The SMILES string of the molecule is COC(=O)C(Br)CN1C(=O)COc2ccc(Cl)cc21. The van der Waals surface area contributed by atoms with Gasteiger partial charge in [-0.3, -0.25) is 9.59 Å². The Morgan fingerprint density at radius 1 is 1.63 bits per heavy atom. The molecule has 1 aromatic carbocycles. The van der Waals surface area contributed by atoms with E-state index in [0.29, 0.717) is 16.5 Å². The quantitative estimate of drug-likeness (QED) is 0.619. The highest BCUT2D eigenvalue weighted by Gasteiger charge is 2.29. The Bertz CT molecular complexity index is 522. The molecule has 0 fully saturated rings. The third kappa shape index (κ3) is 3.01. The summed E-state index contributed by atoms with van der Waals surface area (Å²) >= 11 is 9.11. The number of hydrogen-bond acceptors (Lipinski definition) is 4. The van der Waals surface area contributed by atoms with Crippen LogP contribution in [0.5, 0.6) is 5.75 Å². The fraction of sp³-hybridized carbons (Fsp3) is 0.333. The Morgan fingerprint density at radius 2 is 2.37 bits per heavy atom. The summed E-state index contributed by atoms with van der Waals surface area (Å²) in [4.78, 5) is 24.2. The Morgan fingerprint density at radius 3 is 3.05 bits per heavy atom. The molecule has 5 nitrogen and oxygen atoms in total. The highest BCUT2D eigenvalue weighted by molar-refractivity contribution is 9.10. The first kappa shape index (κ1) is 14.1. The van der Waals surface area contributed by atoms with Crippen molar-refractivity contribution in [3.05, 3.63) is 23.2 Å². The molecule has 19 heavy (non-hydrogen) atoms. The number of amides is 1. The zero-order chi connectivity index (χ0) is 14.0. The second-order valence-corrected chi connectivity index (χ2v) is 5.44. The summed E-state index contributed by atoms with van der Waals surface area (Å²) in [5.74, 6) is -0.112. The van der Waals surface area contributed by atoms with Gasteiger partial charge in [-0.15, -0.1) is 0 Å². The topological polar surface area (TPSA) is 55.8 Å². The fourth-order valence-electron chi connectivity index (χ4n) is 1.74. The van der Waals surface area contributed by atoms with Gasteiger partial charge in [-0.25, -0.2) is 0 Å². The van der Waals surface area contributed by atoms with Gasteiger partial charge in [0, 0.05) is 11.6 Å². The molecule has 0 aromatic heterocycles. The number of alkyl halides is 1. The predicted octanol–water partition coefficient (Wildman–Crippen LogP) is 2.00.